The summed E-state index contributed by atoms with van der Waals surface area (Å²) in [6.07, 6.45) is 0. The normalized spacial score (nSPS) is 15.7. The van der Waals surface area contributed by atoms with Gasteiger partial charge in [0.2, 0.25) is 0 Å². The van der Waals surface area contributed by atoms with E-state index in [9.17, 15) is 21.9 Å². The lowest BCUT2D eigenvalue weighted by Crippen LogP contribution is -2.61. The molecule has 0 saturated carbocycles. The molecular weight excluding hydrogens is 1440 g/mol. The number of hydrogen-bond donors (Lipinski definition) is 0. The van der Waals surface area contributed by atoms with Crippen LogP contribution in [-0.2, 0) is 48.7 Å². The molecule has 4 heterocycles. The predicted octanol–water partition coefficient (Wildman–Crippen LogP) is 30.3. The van der Waals surface area contributed by atoms with Crippen LogP contribution in [0, 0.1) is 0 Å². The first-order chi connectivity index (χ1) is 62.3. The molecule has 0 fully saturated rings. The van der Waals surface area contributed by atoms with Gasteiger partial charge in [0.05, 0.1) is 55.4 Å². The minimum absolute atomic E-state index is 0.0440. The Bertz CT molecular complexity index is 7240. The van der Waals surface area contributed by atoms with E-state index in [1.165, 1.54) is 0 Å². The maximum atomic E-state index is 10.1. The number of anilines is 6. The highest BCUT2D eigenvalue weighted by molar-refractivity contribution is 7.00. The molecule has 0 radical (unpaired) electrons. The van der Waals surface area contributed by atoms with E-state index in [1.807, 2.05) is 18.2 Å². The molecule has 0 saturated heterocycles. The van der Waals surface area contributed by atoms with Gasteiger partial charge in [-0.05, 0) is 222 Å². The summed E-state index contributed by atoms with van der Waals surface area (Å²) >= 11 is 0. The molecule has 2 aliphatic rings. The Morgan fingerprint density at radius 3 is 0.773 bits per heavy atom. The smallest absolute Gasteiger partial charge is 0.252 e. The fourth-order valence-electron chi connectivity index (χ4n) is 17.6. The van der Waals surface area contributed by atoms with Crippen molar-refractivity contribution in [2.24, 2.45) is 0 Å². The SMILES string of the molecule is [2H]c1c([2H])c([2H])c2c(c1[2H])c1c([2H])c([2H])c([2H])c([2H])c1n2-c1ccc2c(c1)N(c1c(-c3cccc(C(C)(C)C)c3)cc(C(C)(C)C)cc1-c1cccc(C(C)(C)C)c1)c1cc(C(C)(C)C)cc3c1B2c1ccc(-n2c4c([2H])c([2H])c([2H])c([2H])c4c4c([2H])c([2H])c([2H])c([2H])c42)cc1N3c1c(-c2cc(C(C)(C)C)cc(C(C)(C)C)c2)cc(C(C)(C)C)cc1-c1cc(C(C)(C)C)cc(C(C)(C)C)c1. The molecule has 2 aliphatic heterocycles. The lowest BCUT2D eigenvalue weighted by molar-refractivity contribution is 0.568. The van der Waals surface area contributed by atoms with Crippen molar-refractivity contribution in [1.82, 2.24) is 9.13 Å². The van der Waals surface area contributed by atoms with Gasteiger partial charge in [-0.25, -0.2) is 0 Å². The lowest BCUT2D eigenvalue weighted by atomic mass is 9.33. The molecule has 602 valence electrons. The van der Waals surface area contributed by atoms with Gasteiger partial charge in [0.15, 0.2) is 0 Å². The van der Waals surface area contributed by atoms with E-state index < -0.39 is 120 Å². The second kappa shape index (κ2) is 27.9. The molecule has 0 atom stereocenters. The summed E-state index contributed by atoms with van der Waals surface area (Å²) < 4.78 is 158. The second-order valence-corrected chi connectivity index (χ2v) is 42.9. The van der Waals surface area contributed by atoms with Crippen LogP contribution >= 0.6 is 0 Å². The minimum Gasteiger partial charge on any atom is -0.310 e. The third-order valence-corrected chi connectivity index (χ3v) is 24.9. The number of hydrogen-bond acceptors (Lipinski definition) is 2. The predicted molar refractivity (Wildman–Crippen MR) is 519 cm³/mol. The van der Waals surface area contributed by atoms with Crippen LogP contribution in [0.5, 0.6) is 0 Å². The molecule has 4 nitrogen and oxygen atoms in total. The Balaban J connectivity index is 1.17. The molecule has 0 aliphatic carbocycles. The van der Waals surface area contributed by atoms with E-state index in [0.717, 1.165) is 134 Å². The van der Waals surface area contributed by atoms with Crippen molar-refractivity contribution in [2.75, 3.05) is 9.80 Å². The van der Waals surface area contributed by atoms with Crippen LogP contribution in [0.4, 0.5) is 34.1 Å². The summed E-state index contributed by atoms with van der Waals surface area (Å²) in [5.74, 6) is 0. The standard InChI is InChI=1S/C114H123BN4/c1-106(2,3)74-40-36-38-70(54-74)89-62-80(112(19,20)21)63-90(71-39-37-41-75(55-71)107(4,5)6)104(89)118-99-68-83(116-95-46-32-28-42-85(95)86-43-29-33-47-96(86)116)50-52-93(99)115-94-53-51-84(117-97-48-34-30-44-87(97)88-45-31-35-49-98(88)117)69-100(94)119(102-67-82(114(25,26)27)66-101(118)103(102)115)105-91(72-56-76(108(7,8)9)60-77(57-72)109(10,11)12)64-81(113(22,23)24)65-92(105)73-58-78(110(13,14)15)61-79(59-73)111(16,17)18/h28-69H,1-27H3/i28D,29D,30D,31D,32D,33D,34D,35D,42D,43D,44D,45D,46D,47D,48D,49D. The van der Waals surface area contributed by atoms with E-state index in [2.05, 4.69) is 336 Å². The highest BCUT2D eigenvalue weighted by Gasteiger charge is 2.47. The van der Waals surface area contributed by atoms with E-state index >= 15 is 0 Å². The maximum absolute atomic E-state index is 10.1. The first-order valence-electron chi connectivity index (χ1n) is 50.3. The van der Waals surface area contributed by atoms with Crippen molar-refractivity contribution in [3.8, 4) is 55.9 Å². The number of benzene rings is 13. The highest BCUT2D eigenvalue weighted by atomic mass is 15.2. The molecule has 0 amide bonds. The van der Waals surface area contributed by atoms with Gasteiger partial charge in [-0.15, -0.1) is 0 Å². The average molecular weight is 1580 g/mol. The van der Waals surface area contributed by atoms with Gasteiger partial charge >= 0.3 is 0 Å². The molecular formula is C114H123BN4. The molecule has 0 bridgehead atoms. The first-order valence-corrected chi connectivity index (χ1v) is 42.3. The average Bonchev–Trinajstić information content (AvgIpc) is 1.21. The number of rotatable bonds is 8. The van der Waals surface area contributed by atoms with E-state index in [4.69, 9.17) is 0 Å². The fourth-order valence-corrected chi connectivity index (χ4v) is 17.6. The molecule has 119 heavy (non-hydrogen) atoms. The molecule has 0 N–H and O–H groups in total. The van der Waals surface area contributed by atoms with Crippen molar-refractivity contribution in [3.05, 3.63) is 304 Å². The van der Waals surface area contributed by atoms with Crippen LogP contribution in [0.1, 0.15) is 259 Å². The van der Waals surface area contributed by atoms with Crippen molar-refractivity contribution in [2.45, 2.75) is 236 Å². The zero-order chi connectivity index (χ0) is 98.8. The van der Waals surface area contributed by atoms with Crippen LogP contribution < -0.4 is 26.2 Å². The van der Waals surface area contributed by atoms with Crippen molar-refractivity contribution in [3.63, 3.8) is 0 Å². The summed E-state index contributed by atoms with van der Waals surface area (Å²) in [6, 6.07) is 50.1. The molecule has 0 spiro atoms. The number of fused-ring (bicyclic) bond motifs is 10. The Labute approximate surface area is 734 Å². The first kappa shape index (κ1) is 63.2. The molecule has 0 unspecified atom stereocenters. The van der Waals surface area contributed by atoms with Gasteiger partial charge < -0.3 is 18.9 Å². The molecule has 5 heteroatoms. The van der Waals surface area contributed by atoms with E-state index in [-0.39, 0.29) is 76.1 Å². The van der Waals surface area contributed by atoms with Crippen LogP contribution in [0.15, 0.2) is 254 Å². The van der Waals surface area contributed by atoms with Gasteiger partial charge in [-0.2, -0.15) is 0 Å². The fraction of sp³-hybridized carbons (Fsp3) is 0.316. The zero-order valence-electron chi connectivity index (χ0n) is 90.9. The van der Waals surface area contributed by atoms with Crippen LogP contribution in [0.25, 0.3) is 99.5 Å². The topological polar surface area (TPSA) is 16.3 Å². The third kappa shape index (κ3) is 14.2. The zero-order valence-corrected chi connectivity index (χ0v) is 74.9. The Hall–Kier alpha value is -10.9. The van der Waals surface area contributed by atoms with Gasteiger partial charge in [-0.3, -0.25) is 0 Å². The largest absolute Gasteiger partial charge is 0.310 e. The van der Waals surface area contributed by atoms with Crippen LogP contribution in [0.2, 0.25) is 0 Å². The summed E-state index contributed by atoms with van der Waals surface area (Å²) in [7, 11) is 0. The monoisotopic (exact) mass is 1580 g/mol. The Kier molecular flexibility index (Phi) is 14.8. The Morgan fingerprint density at radius 1 is 0.235 bits per heavy atom. The van der Waals surface area contributed by atoms with Gasteiger partial charge in [0.25, 0.3) is 6.71 Å². The van der Waals surface area contributed by atoms with Gasteiger partial charge in [-0.1, -0.05) is 357 Å². The third-order valence-electron chi connectivity index (χ3n) is 24.9. The van der Waals surface area contributed by atoms with Crippen molar-refractivity contribution < 1.29 is 21.9 Å². The lowest BCUT2D eigenvalue weighted by Gasteiger charge is -2.47. The summed E-state index contributed by atoms with van der Waals surface area (Å²) in [5.41, 5.74) is 20.4. The summed E-state index contributed by atoms with van der Waals surface area (Å²) in [6.45, 7) is 59.9. The van der Waals surface area contributed by atoms with Gasteiger partial charge in [0, 0.05) is 77.9 Å². The second-order valence-electron chi connectivity index (χ2n) is 42.9. The molecule has 17 rings (SSSR count). The quantitative estimate of drug-likeness (QED) is 0.141. The number of aromatic nitrogens is 2. The summed E-state index contributed by atoms with van der Waals surface area (Å²) in [5, 5.41) is -0.269. The van der Waals surface area contributed by atoms with Gasteiger partial charge in [0.1, 0.15) is 0 Å². The van der Waals surface area contributed by atoms with Crippen molar-refractivity contribution in [1.29, 1.82) is 0 Å². The molecule has 15 aromatic rings. The van der Waals surface area contributed by atoms with E-state index in [1.54, 1.807) is 9.13 Å². The Morgan fingerprint density at radius 2 is 0.487 bits per heavy atom. The highest BCUT2D eigenvalue weighted by Crippen LogP contribution is 2.57. The molecule has 2 aromatic heterocycles. The van der Waals surface area contributed by atoms with Crippen LogP contribution in [0.3, 0.4) is 0 Å². The van der Waals surface area contributed by atoms with Crippen LogP contribution in [-0.4, -0.2) is 15.8 Å². The van der Waals surface area contributed by atoms with Crippen molar-refractivity contribution >= 4 is 101 Å². The van der Waals surface area contributed by atoms with E-state index in [0.29, 0.717) is 22.7 Å². The number of para-hydroxylation sites is 4. The number of nitrogens with zero attached hydrogens (tertiary/aromatic N) is 4. The molecule has 13 aromatic carbocycles. The maximum Gasteiger partial charge on any atom is 0.252 e. The minimum atomic E-state index is -0.812. The summed E-state index contributed by atoms with van der Waals surface area (Å²) in [4.78, 5) is 4.89.